The Morgan fingerprint density at radius 3 is 0.957 bits per heavy atom. The minimum absolute atomic E-state index is 0.0614. The first kappa shape index (κ1) is 70.4. The number of hydrogen-bond acceptors (Lipinski definition) is 18. The minimum Gasteiger partial charge on any atom is -0.451 e. The highest BCUT2D eigenvalue weighted by molar-refractivity contribution is 5.94. The second-order valence-electron chi connectivity index (χ2n) is 25.8. The van der Waals surface area contributed by atoms with Gasteiger partial charge in [0.15, 0.2) is 24.4 Å². The lowest BCUT2D eigenvalue weighted by atomic mass is 9.99. The van der Waals surface area contributed by atoms with E-state index in [4.69, 9.17) is 18.9 Å². The van der Waals surface area contributed by atoms with Gasteiger partial charge < -0.3 is 38.5 Å². The van der Waals surface area contributed by atoms with Crippen LogP contribution >= 0.6 is 0 Å². The summed E-state index contributed by atoms with van der Waals surface area (Å²) in [5.74, 6) is -7.67. The maximum atomic E-state index is 15.2. The molecule has 0 unspecified atom stereocenters. The number of rotatable bonds is 18. The monoisotopic (exact) mass is 1270 g/mol. The molecular weight excluding hydrogens is 1180 g/mol. The number of aryl methyl sites for hydroxylation is 2. The summed E-state index contributed by atoms with van der Waals surface area (Å²) in [7, 11) is 9.10. The van der Waals surface area contributed by atoms with E-state index in [9.17, 15) is 28.8 Å². The molecule has 4 aromatic heterocycles. The SMILES string of the molecule is CC(C)C[C@H]1C(=O)O[C@H](Cc2ccc(Cn3cc(-c4cn(C)nn4)cn3)cc2)C(=O)N(C)[C@@H](CC(C)C)C(=O)O[C@H](C)C(=O)N(C)[C@@H](CC(C)C)C(=O)O[C@H](Cc2ccc(Cn3cc(-c4cn(C)nn4)cn3)cc2)C(=O)N(C)[C@@H](CC(C)C)C(=O)O[C@H](C)C(=O)N1C. The molecule has 26 nitrogen and oxygen atoms in total. The molecule has 0 spiro atoms. The van der Waals surface area contributed by atoms with Crippen LogP contribution in [0.3, 0.4) is 0 Å². The zero-order chi connectivity index (χ0) is 67.4. The number of carbonyl (C=O) groups excluding carboxylic acids is 8. The van der Waals surface area contributed by atoms with Gasteiger partial charge in [-0.3, -0.25) is 37.9 Å². The van der Waals surface area contributed by atoms with E-state index < -0.39 is 96.1 Å². The van der Waals surface area contributed by atoms with Gasteiger partial charge in [-0.2, -0.15) is 10.2 Å². The molecule has 26 heteroatoms. The molecule has 0 aliphatic carbocycles. The van der Waals surface area contributed by atoms with E-state index in [1.807, 2.05) is 92.0 Å². The van der Waals surface area contributed by atoms with Crippen LogP contribution in [0.25, 0.3) is 22.5 Å². The molecule has 1 aliphatic heterocycles. The van der Waals surface area contributed by atoms with Gasteiger partial charge in [-0.15, -0.1) is 10.2 Å². The van der Waals surface area contributed by atoms with Gasteiger partial charge in [0.2, 0.25) is 0 Å². The minimum atomic E-state index is -1.57. The Morgan fingerprint density at radius 2 is 0.674 bits per heavy atom. The number of esters is 4. The topological polar surface area (TPSA) is 284 Å². The molecule has 0 saturated carbocycles. The molecule has 0 radical (unpaired) electrons. The lowest BCUT2D eigenvalue weighted by molar-refractivity contribution is -0.176. The van der Waals surface area contributed by atoms with Crippen molar-refractivity contribution in [2.75, 3.05) is 28.2 Å². The summed E-state index contributed by atoms with van der Waals surface area (Å²) in [6.07, 6.45) is 4.40. The molecule has 1 saturated heterocycles. The summed E-state index contributed by atoms with van der Waals surface area (Å²) in [6.45, 7) is 18.3. The van der Waals surface area contributed by atoms with Crippen LogP contribution in [-0.2, 0) is 97.3 Å². The number of nitrogens with zero attached hydrogens (tertiary/aromatic N) is 14. The molecule has 0 N–H and O–H groups in total. The van der Waals surface area contributed by atoms with Gasteiger partial charge in [0.25, 0.3) is 23.6 Å². The fourth-order valence-corrected chi connectivity index (χ4v) is 11.0. The van der Waals surface area contributed by atoms with Crippen molar-refractivity contribution in [3.8, 4) is 22.5 Å². The van der Waals surface area contributed by atoms with E-state index in [0.717, 1.165) is 41.9 Å². The van der Waals surface area contributed by atoms with Crippen LogP contribution < -0.4 is 0 Å². The zero-order valence-electron chi connectivity index (χ0n) is 55.8. The normalized spacial score (nSPS) is 21.8. The van der Waals surface area contributed by atoms with Crippen molar-refractivity contribution in [3.63, 3.8) is 0 Å². The quantitative estimate of drug-likeness (QED) is 0.0732. The summed E-state index contributed by atoms with van der Waals surface area (Å²) in [4.78, 5) is 123. The van der Waals surface area contributed by atoms with Crippen LogP contribution in [-0.4, -0.2) is 193 Å². The Balaban J connectivity index is 1.22. The maximum absolute atomic E-state index is 15.2. The highest BCUT2D eigenvalue weighted by Crippen LogP contribution is 2.26. The number of ether oxygens (including phenoxy) is 4. The second kappa shape index (κ2) is 31.3. The number of amides is 4. The van der Waals surface area contributed by atoms with Gasteiger partial charge in [-0.05, 0) is 85.5 Å². The number of benzene rings is 2. The zero-order valence-corrected chi connectivity index (χ0v) is 55.8. The molecule has 92 heavy (non-hydrogen) atoms. The van der Waals surface area contributed by atoms with Crippen molar-refractivity contribution < 1.29 is 57.3 Å². The van der Waals surface area contributed by atoms with Crippen LogP contribution in [0.5, 0.6) is 0 Å². The molecule has 6 aromatic rings. The largest absolute Gasteiger partial charge is 0.451 e. The third kappa shape index (κ3) is 18.5. The van der Waals surface area contributed by atoms with Crippen LogP contribution in [0, 0.1) is 23.7 Å². The lowest BCUT2D eigenvalue weighted by Gasteiger charge is -2.35. The summed E-state index contributed by atoms with van der Waals surface area (Å²) in [5, 5.41) is 25.3. The Labute approximate surface area is 537 Å². The Kier molecular flexibility index (Phi) is 23.9. The van der Waals surface area contributed by atoms with Gasteiger partial charge in [-0.25, -0.2) is 19.2 Å². The van der Waals surface area contributed by atoms with Crippen LogP contribution in [0.1, 0.15) is 117 Å². The van der Waals surface area contributed by atoms with Crippen molar-refractivity contribution in [3.05, 3.63) is 108 Å². The first-order valence-electron chi connectivity index (χ1n) is 31.3. The van der Waals surface area contributed by atoms with Gasteiger partial charge in [-0.1, -0.05) is 114 Å². The summed E-state index contributed by atoms with van der Waals surface area (Å²) < 4.78 is 31.1. The van der Waals surface area contributed by atoms with Gasteiger partial charge in [0, 0.05) is 78.6 Å². The van der Waals surface area contributed by atoms with Crippen LogP contribution in [0.15, 0.2) is 85.7 Å². The predicted octanol–water partition coefficient (Wildman–Crippen LogP) is 5.75. The van der Waals surface area contributed by atoms with Crippen molar-refractivity contribution in [2.24, 2.45) is 37.8 Å². The molecule has 4 amide bonds. The number of likely N-dealkylation sites (N-methyl/N-ethyl adjacent to an activating group) is 4. The average molecular weight is 1270 g/mol. The molecule has 8 atom stereocenters. The first-order valence-corrected chi connectivity index (χ1v) is 31.3. The molecule has 496 valence electrons. The van der Waals surface area contributed by atoms with Crippen molar-refractivity contribution >= 4 is 47.5 Å². The third-order valence-corrected chi connectivity index (χ3v) is 16.1. The summed E-state index contributed by atoms with van der Waals surface area (Å²) in [6, 6.07) is 9.32. The van der Waals surface area contributed by atoms with E-state index in [0.29, 0.717) is 35.6 Å². The van der Waals surface area contributed by atoms with Crippen molar-refractivity contribution in [2.45, 2.75) is 169 Å². The smallest absolute Gasteiger partial charge is 0.329 e. The highest BCUT2D eigenvalue weighted by Gasteiger charge is 2.43. The van der Waals surface area contributed by atoms with E-state index >= 15 is 9.59 Å². The molecule has 1 aliphatic rings. The van der Waals surface area contributed by atoms with Gasteiger partial charge in [0.1, 0.15) is 35.6 Å². The van der Waals surface area contributed by atoms with E-state index in [1.54, 1.807) is 81.9 Å². The number of hydrogen-bond donors (Lipinski definition) is 0. The number of cyclic esters (lactones) is 4. The van der Waals surface area contributed by atoms with E-state index in [-0.39, 0.29) is 62.2 Å². The van der Waals surface area contributed by atoms with Crippen LogP contribution in [0.4, 0.5) is 0 Å². The first-order chi connectivity index (χ1) is 43.5. The molecule has 0 bridgehead atoms. The van der Waals surface area contributed by atoms with Gasteiger partial charge in [0.05, 0.1) is 37.9 Å². The molecule has 1 fully saturated rings. The predicted molar refractivity (Wildman–Crippen MR) is 338 cm³/mol. The molecule has 7 rings (SSSR count). The number of carbonyl (C=O) groups is 8. The standard InChI is InChI=1S/C66H90N14O12/c1-39(2)25-53-63(85)89-43(9)59(81)75(13)56(28-42(7)8)66(88)92-58(30-46-19-23-48(24-20-46)34-80-36-50(32-68-80)52-38-74(12)72-70-52)62(84)78(16)54(26-40(3)4)64(86)90-44(10)60(82)76(14)55(27-41(5)6)65(87)91-57(61(83)77(53)15)29-45-17-21-47(22-18-45)33-79-35-49(31-67-79)51-37-73(11)71-69-51/h17-24,31-32,35-44,53-58H,25-30,33-34H2,1-16H3/t43-,44-,53+,54+,55+,56+,57-,58-/m1/s1. The van der Waals surface area contributed by atoms with Gasteiger partial charge >= 0.3 is 23.9 Å². The summed E-state index contributed by atoms with van der Waals surface area (Å²) in [5.41, 5.74) is 5.79. The average Bonchev–Trinajstić information content (AvgIpc) is 1.87. The maximum Gasteiger partial charge on any atom is 0.329 e. The van der Waals surface area contributed by atoms with E-state index in [1.165, 1.54) is 42.0 Å². The second-order valence-corrected chi connectivity index (χ2v) is 25.8. The Bertz CT molecular complexity index is 3270. The summed E-state index contributed by atoms with van der Waals surface area (Å²) >= 11 is 0. The lowest BCUT2D eigenvalue weighted by Crippen LogP contribution is -2.55. The Hall–Kier alpha value is -9.10. The van der Waals surface area contributed by atoms with E-state index in [2.05, 4.69) is 30.8 Å². The highest BCUT2D eigenvalue weighted by atomic mass is 16.6. The molecule has 2 aromatic carbocycles. The fraction of sp³-hybridized carbons (Fsp3) is 0.545. The Morgan fingerprint density at radius 1 is 0.391 bits per heavy atom. The fourth-order valence-electron chi connectivity index (χ4n) is 11.0. The third-order valence-electron chi connectivity index (χ3n) is 16.1. The van der Waals surface area contributed by atoms with Crippen molar-refractivity contribution in [1.82, 2.24) is 69.1 Å². The number of aromatic nitrogens is 10. The van der Waals surface area contributed by atoms with Crippen LogP contribution in [0.2, 0.25) is 0 Å². The molecular formula is C66H90N14O12. The molecule has 5 heterocycles. The van der Waals surface area contributed by atoms with Crippen molar-refractivity contribution in [1.29, 1.82) is 0 Å².